The summed E-state index contributed by atoms with van der Waals surface area (Å²) in [5, 5.41) is 0. The Balaban J connectivity index is 1.75. The number of likely N-dealkylation sites (tertiary alicyclic amines) is 1. The number of amides is 2. The molecule has 1 aliphatic heterocycles. The van der Waals surface area contributed by atoms with Crippen LogP contribution in [0.2, 0.25) is 0 Å². The SMILES string of the molecule is CN(CCc1ccncc1)C(=O)CC(=O)N1CCCCC1. The van der Waals surface area contributed by atoms with Crippen molar-refractivity contribution in [2.75, 3.05) is 26.7 Å². The third kappa shape index (κ3) is 4.85. The van der Waals surface area contributed by atoms with Crippen LogP contribution in [0, 0.1) is 0 Å². The molecule has 2 rings (SSSR count). The Morgan fingerprint density at radius 1 is 1.19 bits per heavy atom. The standard InChI is InChI=1S/C16H23N3O2/c1-18(12-7-14-5-8-17-9-6-14)15(20)13-16(21)19-10-3-2-4-11-19/h5-6,8-9H,2-4,7,10-13H2,1H3. The summed E-state index contributed by atoms with van der Waals surface area (Å²) in [4.78, 5) is 31.6. The van der Waals surface area contributed by atoms with E-state index in [0.717, 1.165) is 37.9 Å². The molecule has 114 valence electrons. The quantitative estimate of drug-likeness (QED) is 0.772. The minimum atomic E-state index is -0.0976. The normalized spacial score (nSPS) is 14.8. The molecule has 1 aromatic heterocycles. The molecule has 0 atom stereocenters. The van der Waals surface area contributed by atoms with E-state index in [9.17, 15) is 9.59 Å². The van der Waals surface area contributed by atoms with Crippen molar-refractivity contribution in [2.24, 2.45) is 0 Å². The van der Waals surface area contributed by atoms with Gasteiger partial charge >= 0.3 is 0 Å². The lowest BCUT2D eigenvalue weighted by atomic mass is 10.1. The Hall–Kier alpha value is -1.91. The van der Waals surface area contributed by atoms with Crippen molar-refractivity contribution in [1.29, 1.82) is 0 Å². The van der Waals surface area contributed by atoms with Gasteiger partial charge in [0.25, 0.3) is 0 Å². The van der Waals surface area contributed by atoms with Crippen LogP contribution in [0.25, 0.3) is 0 Å². The lowest BCUT2D eigenvalue weighted by Gasteiger charge is -2.27. The Bertz CT molecular complexity index is 470. The Labute approximate surface area is 126 Å². The summed E-state index contributed by atoms with van der Waals surface area (Å²) in [6.07, 6.45) is 7.56. The number of carbonyl (C=O) groups is 2. The van der Waals surface area contributed by atoms with Gasteiger partial charge in [-0.05, 0) is 43.4 Å². The number of piperidine rings is 1. The molecule has 0 aliphatic carbocycles. The van der Waals surface area contributed by atoms with Gasteiger partial charge in [0.2, 0.25) is 11.8 Å². The zero-order valence-corrected chi connectivity index (χ0v) is 12.6. The van der Waals surface area contributed by atoms with E-state index in [1.807, 2.05) is 17.0 Å². The van der Waals surface area contributed by atoms with Gasteiger partial charge in [-0.25, -0.2) is 0 Å². The van der Waals surface area contributed by atoms with Crippen molar-refractivity contribution in [1.82, 2.24) is 14.8 Å². The predicted molar refractivity (Wildman–Crippen MR) is 80.6 cm³/mol. The van der Waals surface area contributed by atoms with Crippen LogP contribution in [0.5, 0.6) is 0 Å². The Kier molecular flexibility index (Phi) is 5.72. The first kappa shape index (κ1) is 15.5. The van der Waals surface area contributed by atoms with Gasteiger partial charge in [-0.1, -0.05) is 0 Å². The largest absolute Gasteiger partial charge is 0.345 e. The number of aromatic nitrogens is 1. The summed E-state index contributed by atoms with van der Waals surface area (Å²) >= 11 is 0. The number of nitrogens with zero attached hydrogens (tertiary/aromatic N) is 3. The van der Waals surface area contributed by atoms with Gasteiger partial charge in [-0.2, -0.15) is 0 Å². The fraction of sp³-hybridized carbons (Fsp3) is 0.562. The summed E-state index contributed by atoms with van der Waals surface area (Å²) in [5.41, 5.74) is 1.15. The van der Waals surface area contributed by atoms with Gasteiger partial charge in [-0.15, -0.1) is 0 Å². The fourth-order valence-electron chi connectivity index (χ4n) is 2.49. The Morgan fingerprint density at radius 3 is 2.52 bits per heavy atom. The van der Waals surface area contributed by atoms with Crippen LogP contribution in [-0.4, -0.2) is 53.3 Å². The minimum absolute atomic E-state index is 0.00710. The Morgan fingerprint density at radius 2 is 1.86 bits per heavy atom. The van der Waals surface area contributed by atoms with Crippen molar-refractivity contribution in [3.8, 4) is 0 Å². The van der Waals surface area contributed by atoms with Crippen LogP contribution in [0.1, 0.15) is 31.2 Å². The second kappa shape index (κ2) is 7.76. The second-order valence-corrected chi connectivity index (χ2v) is 5.54. The molecule has 1 saturated heterocycles. The molecular weight excluding hydrogens is 266 g/mol. The first-order chi connectivity index (χ1) is 10.2. The first-order valence-electron chi connectivity index (χ1n) is 7.57. The number of hydrogen-bond donors (Lipinski definition) is 0. The van der Waals surface area contributed by atoms with E-state index in [1.165, 1.54) is 6.42 Å². The number of carbonyl (C=O) groups excluding carboxylic acids is 2. The number of pyridine rings is 1. The van der Waals surface area contributed by atoms with Gasteiger partial charge in [0, 0.05) is 39.1 Å². The van der Waals surface area contributed by atoms with Gasteiger partial charge in [-0.3, -0.25) is 14.6 Å². The summed E-state index contributed by atoms with van der Waals surface area (Å²) in [7, 11) is 1.76. The topological polar surface area (TPSA) is 53.5 Å². The van der Waals surface area contributed by atoms with Gasteiger partial charge in [0.15, 0.2) is 0 Å². The predicted octanol–water partition coefficient (Wildman–Crippen LogP) is 1.49. The fourth-order valence-corrected chi connectivity index (χ4v) is 2.49. The van der Waals surface area contributed by atoms with Crippen LogP contribution in [-0.2, 0) is 16.0 Å². The maximum absolute atomic E-state index is 12.1. The molecule has 0 bridgehead atoms. The molecule has 5 nitrogen and oxygen atoms in total. The van der Waals surface area contributed by atoms with E-state index in [1.54, 1.807) is 24.3 Å². The van der Waals surface area contributed by atoms with Gasteiger partial charge in [0.05, 0.1) is 0 Å². The highest BCUT2D eigenvalue weighted by Gasteiger charge is 2.20. The number of rotatable bonds is 5. The van der Waals surface area contributed by atoms with E-state index in [-0.39, 0.29) is 18.2 Å². The molecule has 0 spiro atoms. The molecule has 1 fully saturated rings. The molecule has 0 unspecified atom stereocenters. The van der Waals surface area contributed by atoms with Crippen molar-refractivity contribution in [3.05, 3.63) is 30.1 Å². The van der Waals surface area contributed by atoms with Crippen molar-refractivity contribution < 1.29 is 9.59 Å². The van der Waals surface area contributed by atoms with Crippen molar-refractivity contribution in [2.45, 2.75) is 32.1 Å². The molecule has 21 heavy (non-hydrogen) atoms. The highest BCUT2D eigenvalue weighted by atomic mass is 16.2. The number of hydrogen-bond acceptors (Lipinski definition) is 3. The zero-order valence-electron chi connectivity index (χ0n) is 12.6. The monoisotopic (exact) mass is 289 g/mol. The summed E-state index contributed by atoms with van der Waals surface area (Å²) in [5.74, 6) is -0.130. The zero-order chi connectivity index (χ0) is 15.1. The number of likely N-dealkylation sites (N-methyl/N-ethyl adjacent to an activating group) is 1. The van der Waals surface area contributed by atoms with Crippen molar-refractivity contribution >= 4 is 11.8 Å². The maximum atomic E-state index is 12.1. The molecule has 0 N–H and O–H groups in total. The molecule has 5 heteroatoms. The summed E-state index contributed by atoms with van der Waals surface area (Å²) in [6, 6.07) is 3.88. The maximum Gasteiger partial charge on any atom is 0.232 e. The third-order valence-corrected chi connectivity index (χ3v) is 3.92. The minimum Gasteiger partial charge on any atom is -0.345 e. The second-order valence-electron chi connectivity index (χ2n) is 5.54. The van der Waals surface area contributed by atoms with E-state index in [4.69, 9.17) is 0 Å². The van der Waals surface area contributed by atoms with Crippen LogP contribution in [0.4, 0.5) is 0 Å². The molecule has 0 saturated carbocycles. The third-order valence-electron chi connectivity index (χ3n) is 3.92. The van der Waals surface area contributed by atoms with E-state index < -0.39 is 0 Å². The molecule has 2 amide bonds. The smallest absolute Gasteiger partial charge is 0.232 e. The van der Waals surface area contributed by atoms with Crippen LogP contribution in [0.3, 0.4) is 0 Å². The van der Waals surface area contributed by atoms with Crippen LogP contribution in [0.15, 0.2) is 24.5 Å². The average molecular weight is 289 g/mol. The lowest BCUT2D eigenvalue weighted by molar-refractivity contribution is -0.140. The highest BCUT2D eigenvalue weighted by molar-refractivity contribution is 5.96. The molecule has 0 radical (unpaired) electrons. The van der Waals surface area contributed by atoms with Crippen LogP contribution >= 0.6 is 0 Å². The van der Waals surface area contributed by atoms with E-state index in [0.29, 0.717) is 6.54 Å². The molecule has 2 heterocycles. The van der Waals surface area contributed by atoms with Crippen molar-refractivity contribution in [3.63, 3.8) is 0 Å². The van der Waals surface area contributed by atoms with Gasteiger partial charge in [0.1, 0.15) is 6.42 Å². The molecule has 1 aliphatic rings. The summed E-state index contributed by atoms with van der Waals surface area (Å²) < 4.78 is 0. The van der Waals surface area contributed by atoms with E-state index >= 15 is 0 Å². The van der Waals surface area contributed by atoms with Crippen LogP contribution < -0.4 is 0 Å². The van der Waals surface area contributed by atoms with Gasteiger partial charge < -0.3 is 9.80 Å². The first-order valence-corrected chi connectivity index (χ1v) is 7.57. The molecular formula is C16H23N3O2. The highest BCUT2D eigenvalue weighted by Crippen LogP contribution is 2.10. The molecule has 1 aromatic rings. The summed E-state index contributed by atoms with van der Waals surface area (Å²) in [6.45, 7) is 2.22. The molecule has 0 aromatic carbocycles. The van der Waals surface area contributed by atoms with E-state index in [2.05, 4.69) is 4.98 Å². The average Bonchev–Trinajstić information content (AvgIpc) is 2.54. The lowest BCUT2D eigenvalue weighted by Crippen LogP contribution is -2.39.